The third-order valence-electron chi connectivity index (χ3n) is 4.20. The lowest BCUT2D eigenvalue weighted by Crippen LogP contribution is -2.24. The number of methoxy groups -OCH3 is 2. The molecule has 1 aliphatic heterocycles. The number of rotatable bonds is 7. The van der Waals surface area contributed by atoms with E-state index in [1.165, 1.54) is 50.8 Å². The smallest absolute Gasteiger partial charge is 0.161 e. The van der Waals surface area contributed by atoms with Crippen LogP contribution in [0.4, 0.5) is 0 Å². The molecule has 20 heavy (non-hydrogen) atoms. The second-order valence-corrected chi connectivity index (χ2v) is 5.52. The summed E-state index contributed by atoms with van der Waals surface area (Å²) in [7, 11) is 3.39. The summed E-state index contributed by atoms with van der Waals surface area (Å²) in [5.41, 5.74) is 1.36. The SMILES string of the molecule is CCCCCN1CCCC1c1ccc(OC)c(OC)c1. The van der Waals surface area contributed by atoms with Gasteiger partial charge in [-0.3, -0.25) is 4.90 Å². The normalized spacial score (nSPS) is 19.2. The summed E-state index contributed by atoms with van der Waals surface area (Å²) >= 11 is 0. The van der Waals surface area contributed by atoms with Crippen molar-refractivity contribution in [2.45, 2.75) is 45.1 Å². The van der Waals surface area contributed by atoms with Crippen LogP contribution in [0.2, 0.25) is 0 Å². The van der Waals surface area contributed by atoms with Gasteiger partial charge in [0.25, 0.3) is 0 Å². The molecule has 0 spiro atoms. The minimum absolute atomic E-state index is 0.548. The predicted octanol–water partition coefficient (Wildman–Crippen LogP) is 4.03. The fraction of sp³-hybridized carbons (Fsp3) is 0.647. The molecule has 1 saturated heterocycles. The quantitative estimate of drug-likeness (QED) is 0.702. The van der Waals surface area contributed by atoms with E-state index >= 15 is 0 Å². The van der Waals surface area contributed by atoms with Gasteiger partial charge >= 0.3 is 0 Å². The molecule has 0 amide bonds. The lowest BCUT2D eigenvalue weighted by Gasteiger charge is -2.25. The van der Waals surface area contributed by atoms with E-state index in [4.69, 9.17) is 9.47 Å². The molecule has 1 aromatic carbocycles. The third kappa shape index (κ3) is 3.45. The highest BCUT2D eigenvalue weighted by Gasteiger charge is 2.26. The molecular weight excluding hydrogens is 250 g/mol. The van der Waals surface area contributed by atoms with Crippen molar-refractivity contribution in [2.75, 3.05) is 27.3 Å². The topological polar surface area (TPSA) is 21.7 Å². The Morgan fingerprint density at radius 3 is 2.65 bits per heavy atom. The highest BCUT2D eigenvalue weighted by atomic mass is 16.5. The molecule has 2 rings (SSSR count). The fourth-order valence-electron chi connectivity index (χ4n) is 3.10. The molecule has 0 N–H and O–H groups in total. The molecular formula is C17H27NO2. The van der Waals surface area contributed by atoms with E-state index in [1.807, 2.05) is 6.07 Å². The Morgan fingerprint density at radius 1 is 1.15 bits per heavy atom. The van der Waals surface area contributed by atoms with Crippen LogP contribution in [0.25, 0.3) is 0 Å². The number of hydrogen-bond acceptors (Lipinski definition) is 3. The second kappa shape index (κ2) is 7.53. The Bertz CT molecular complexity index is 419. The first-order valence-electron chi connectivity index (χ1n) is 7.76. The van der Waals surface area contributed by atoms with Crippen molar-refractivity contribution in [2.24, 2.45) is 0 Å². The Balaban J connectivity index is 2.09. The molecule has 1 aromatic rings. The minimum Gasteiger partial charge on any atom is -0.493 e. The van der Waals surface area contributed by atoms with Crippen molar-refractivity contribution in [1.82, 2.24) is 4.90 Å². The number of likely N-dealkylation sites (tertiary alicyclic amines) is 1. The molecule has 3 heteroatoms. The maximum Gasteiger partial charge on any atom is 0.161 e. The van der Waals surface area contributed by atoms with Crippen molar-refractivity contribution in [3.63, 3.8) is 0 Å². The number of unbranched alkanes of at least 4 members (excludes halogenated alkanes) is 2. The standard InChI is InChI=1S/C17H27NO2/c1-4-5-6-11-18-12-7-8-15(18)14-9-10-16(19-2)17(13-14)20-3/h9-10,13,15H,4-8,11-12H2,1-3H3. The number of nitrogens with zero attached hydrogens (tertiary/aromatic N) is 1. The van der Waals surface area contributed by atoms with Crippen molar-refractivity contribution in [3.05, 3.63) is 23.8 Å². The van der Waals surface area contributed by atoms with Gasteiger partial charge in [-0.1, -0.05) is 25.8 Å². The van der Waals surface area contributed by atoms with Crippen molar-refractivity contribution in [1.29, 1.82) is 0 Å². The van der Waals surface area contributed by atoms with Gasteiger partial charge in [0.15, 0.2) is 11.5 Å². The van der Waals surface area contributed by atoms with E-state index in [-0.39, 0.29) is 0 Å². The Morgan fingerprint density at radius 2 is 1.95 bits per heavy atom. The summed E-state index contributed by atoms with van der Waals surface area (Å²) in [6, 6.07) is 6.90. The van der Waals surface area contributed by atoms with E-state index in [9.17, 15) is 0 Å². The first-order valence-corrected chi connectivity index (χ1v) is 7.76. The fourth-order valence-corrected chi connectivity index (χ4v) is 3.10. The van der Waals surface area contributed by atoms with Crippen molar-refractivity contribution >= 4 is 0 Å². The second-order valence-electron chi connectivity index (χ2n) is 5.52. The van der Waals surface area contributed by atoms with Crippen LogP contribution in [0.3, 0.4) is 0 Å². The molecule has 0 aromatic heterocycles. The van der Waals surface area contributed by atoms with Gasteiger partial charge in [0.2, 0.25) is 0 Å². The summed E-state index contributed by atoms with van der Waals surface area (Å²) in [6.45, 7) is 4.70. The van der Waals surface area contributed by atoms with Gasteiger partial charge in [-0.25, -0.2) is 0 Å². The lowest BCUT2D eigenvalue weighted by molar-refractivity contribution is 0.250. The van der Waals surface area contributed by atoms with E-state index < -0.39 is 0 Å². The van der Waals surface area contributed by atoms with Crippen molar-refractivity contribution < 1.29 is 9.47 Å². The highest BCUT2D eigenvalue weighted by Crippen LogP contribution is 2.36. The zero-order valence-corrected chi connectivity index (χ0v) is 13.0. The Kier molecular flexibility index (Phi) is 5.72. The molecule has 3 nitrogen and oxygen atoms in total. The van der Waals surface area contributed by atoms with E-state index in [0.717, 1.165) is 11.5 Å². The molecule has 1 unspecified atom stereocenters. The van der Waals surface area contributed by atoms with E-state index in [1.54, 1.807) is 14.2 Å². The summed E-state index contributed by atoms with van der Waals surface area (Å²) in [5.74, 6) is 1.65. The van der Waals surface area contributed by atoms with Gasteiger partial charge in [0, 0.05) is 6.04 Å². The monoisotopic (exact) mass is 277 g/mol. The molecule has 1 fully saturated rings. The average Bonchev–Trinajstić information content (AvgIpc) is 2.95. The largest absolute Gasteiger partial charge is 0.493 e. The van der Waals surface area contributed by atoms with Gasteiger partial charge in [0.05, 0.1) is 14.2 Å². The van der Waals surface area contributed by atoms with Crippen LogP contribution < -0.4 is 9.47 Å². The number of ether oxygens (including phenoxy) is 2. The summed E-state index contributed by atoms with van der Waals surface area (Å²) in [4.78, 5) is 2.62. The summed E-state index contributed by atoms with van der Waals surface area (Å²) < 4.78 is 10.7. The summed E-state index contributed by atoms with van der Waals surface area (Å²) in [5, 5.41) is 0. The Labute approximate surface area is 122 Å². The maximum absolute atomic E-state index is 5.43. The predicted molar refractivity (Wildman–Crippen MR) is 82.6 cm³/mol. The molecule has 1 atom stereocenters. The molecule has 0 saturated carbocycles. The highest BCUT2D eigenvalue weighted by molar-refractivity contribution is 5.44. The molecule has 0 bridgehead atoms. The van der Waals surface area contributed by atoms with Gasteiger partial charge in [0.1, 0.15) is 0 Å². The van der Waals surface area contributed by atoms with E-state index in [2.05, 4.69) is 24.0 Å². The Hall–Kier alpha value is -1.22. The van der Waals surface area contributed by atoms with Crippen LogP contribution in [0.1, 0.15) is 50.6 Å². The average molecular weight is 277 g/mol. The van der Waals surface area contributed by atoms with Crippen LogP contribution in [0.15, 0.2) is 18.2 Å². The number of benzene rings is 1. The molecule has 112 valence electrons. The number of hydrogen-bond donors (Lipinski definition) is 0. The zero-order chi connectivity index (χ0) is 14.4. The zero-order valence-electron chi connectivity index (χ0n) is 13.0. The van der Waals surface area contributed by atoms with Crippen LogP contribution in [0, 0.1) is 0 Å². The van der Waals surface area contributed by atoms with Crippen molar-refractivity contribution in [3.8, 4) is 11.5 Å². The molecule has 1 heterocycles. The van der Waals surface area contributed by atoms with E-state index in [0.29, 0.717) is 6.04 Å². The van der Waals surface area contributed by atoms with Gasteiger partial charge in [-0.2, -0.15) is 0 Å². The first kappa shape index (κ1) is 15.2. The first-order chi connectivity index (χ1) is 9.80. The van der Waals surface area contributed by atoms with Crippen LogP contribution in [-0.4, -0.2) is 32.2 Å². The van der Waals surface area contributed by atoms with Crippen LogP contribution >= 0.6 is 0 Å². The molecule has 0 aliphatic carbocycles. The van der Waals surface area contributed by atoms with Crippen LogP contribution in [0.5, 0.6) is 11.5 Å². The molecule has 1 aliphatic rings. The van der Waals surface area contributed by atoms with Gasteiger partial charge < -0.3 is 9.47 Å². The molecule has 0 radical (unpaired) electrons. The van der Waals surface area contributed by atoms with Gasteiger partial charge in [-0.15, -0.1) is 0 Å². The minimum atomic E-state index is 0.548. The third-order valence-corrected chi connectivity index (χ3v) is 4.20. The van der Waals surface area contributed by atoms with Crippen LogP contribution in [-0.2, 0) is 0 Å². The maximum atomic E-state index is 5.43. The van der Waals surface area contributed by atoms with Gasteiger partial charge in [-0.05, 0) is 50.0 Å². The lowest BCUT2D eigenvalue weighted by atomic mass is 10.0. The summed E-state index contributed by atoms with van der Waals surface area (Å²) in [6.07, 6.45) is 6.47.